The van der Waals surface area contributed by atoms with Gasteiger partial charge < -0.3 is 15.2 Å². The van der Waals surface area contributed by atoms with E-state index in [4.69, 9.17) is 4.74 Å². The summed E-state index contributed by atoms with van der Waals surface area (Å²) in [5.74, 6) is -2.96. The molecule has 0 spiro atoms. The number of hydrogen-bond donors (Lipinski definition) is 2. The maximum Gasteiger partial charge on any atom is 0.341 e. The van der Waals surface area contributed by atoms with Crippen LogP contribution in [0.15, 0.2) is 0 Å². The number of ether oxygens (including phenoxy) is 1. The van der Waals surface area contributed by atoms with Crippen molar-refractivity contribution in [1.82, 2.24) is 0 Å². The van der Waals surface area contributed by atoms with Crippen LogP contribution >= 0.6 is 11.3 Å². The van der Waals surface area contributed by atoms with Gasteiger partial charge >= 0.3 is 11.9 Å². The van der Waals surface area contributed by atoms with Gasteiger partial charge in [0, 0.05) is 4.88 Å². The number of aryl methyl sites for hydroxylation is 1. The van der Waals surface area contributed by atoms with Crippen LogP contribution in [0.2, 0.25) is 0 Å². The fraction of sp³-hybridized carbons (Fsp3) is 0.588. The highest BCUT2D eigenvalue weighted by atomic mass is 32.1. The Morgan fingerprint density at radius 3 is 2.42 bits per heavy atom. The molecule has 0 bridgehead atoms. The molecule has 132 valence electrons. The Bertz CT molecular complexity index is 652. The second-order valence-corrected chi connectivity index (χ2v) is 7.24. The van der Waals surface area contributed by atoms with Gasteiger partial charge in [-0.15, -0.1) is 11.3 Å². The third-order valence-corrected chi connectivity index (χ3v) is 5.67. The van der Waals surface area contributed by atoms with Crippen molar-refractivity contribution >= 4 is 34.2 Å². The lowest BCUT2D eigenvalue weighted by Crippen LogP contribution is -2.36. The Hall–Kier alpha value is -1.89. The Labute approximate surface area is 145 Å². The monoisotopic (exact) mass is 353 g/mol. The van der Waals surface area contributed by atoms with Crippen LogP contribution in [0.1, 0.15) is 53.4 Å². The summed E-state index contributed by atoms with van der Waals surface area (Å²) in [5.41, 5.74) is 1.25. The molecule has 7 heteroatoms. The second-order valence-electron chi connectivity index (χ2n) is 6.01. The second kappa shape index (κ2) is 7.79. The number of esters is 1. The van der Waals surface area contributed by atoms with Crippen LogP contribution < -0.4 is 5.32 Å². The van der Waals surface area contributed by atoms with Crippen molar-refractivity contribution in [2.45, 2.75) is 46.0 Å². The largest absolute Gasteiger partial charge is 0.481 e. The van der Waals surface area contributed by atoms with Crippen molar-refractivity contribution in [1.29, 1.82) is 0 Å². The van der Waals surface area contributed by atoms with Gasteiger partial charge in [0.25, 0.3) is 0 Å². The van der Waals surface area contributed by atoms with E-state index in [0.29, 0.717) is 29.8 Å². The minimum Gasteiger partial charge on any atom is -0.481 e. The Morgan fingerprint density at radius 2 is 1.88 bits per heavy atom. The summed E-state index contributed by atoms with van der Waals surface area (Å²) in [4.78, 5) is 37.1. The number of carboxylic acids is 1. The molecule has 0 saturated heterocycles. The van der Waals surface area contributed by atoms with Gasteiger partial charge in [-0.25, -0.2) is 4.79 Å². The van der Waals surface area contributed by atoms with Crippen molar-refractivity contribution < 1.29 is 24.2 Å². The molecular formula is C17H23NO5S. The number of carbonyl (C=O) groups excluding carboxylic acids is 2. The lowest BCUT2D eigenvalue weighted by atomic mass is 9.79. The van der Waals surface area contributed by atoms with Crippen molar-refractivity contribution in [2.75, 3.05) is 12.4 Å². The number of methoxy groups -OCH3 is 1. The number of anilines is 1. The molecule has 2 rings (SSSR count). The highest BCUT2D eigenvalue weighted by Crippen LogP contribution is 2.36. The molecule has 0 aromatic carbocycles. The minimum absolute atomic E-state index is 0.323. The van der Waals surface area contributed by atoms with Crippen LogP contribution in [-0.2, 0) is 20.7 Å². The van der Waals surface area contributed by atoms with E-state index in [2.05, 4.69) is 5.32 Å². The summed E-state index contributed by atoms with van der Waals surface area (Å²) in [7, 11) is 1.31. The van der Waals surface area contributed by atoms with E-state index in [1.54, 1.807) is 0 Å². The van der Waals surface area contributed by atoms with Gasteiger partial charge in [-0.1, -0.05) is 19.8 Å². The normalized spacial score (nSPS) is 20.5. The molecule has 2 atom stereocenters. The first-order valence-corrected chi connectivity index (χ1v) is 8.96. The summed E-state index contributed by atoms with van der Waals surface area (Å²) >= 11 is 1.33. The van der Waals surface area contributed by atoms with E-state index >= 15 is 0 Å². The fourth-order valence-electron chi connectivity index (χ4n) is 3.36. The number of rotatable bonds is 5. The van der Waals surface area contributed by atoms with Crippen LogP contribution in [0, 0.1) is 18.8 Å². The van der Waals surface area contributed by atoms with Crippen molar-refractivity contribution in [3.63, 3.8) is 0 Å². The van der Waals surface area contributed by atoms with Crippen LogP contribution in [0.4, 0.5) is 5.00 Å². The maximum absolute atomic E-state index is 12.6. The highest BCUT2D eigenvalue weighted by molar-refractivity contribution is 7.16. The van der Waals surface area contributed by atoms with Crippen LogP contribution in [0.3, 0.4) is 0 Å². The molecule has 1 aromatic heterocycles. The number of hydrogen-bond acceptors (Lipinski definition) is 5. The van der Waals surface area contributed by atoms with Gasteiger partial charge in [-0.05, 0) is 31.7 Å². The van der Waals surface area contributed by atoms with E-state index in [9.17, 15) is 19.5 Å². The predicted molar refractivity (Wildman–Crippen MR) is 91.5 cm³/mol. The first kappa shape index (κ1) is 18.4. The molecule has 0 aliphatic heterocycles. The average molecular weight is 353 g/mol. The number of nitrogens with one attached hydrogen (secondary N) is 1. The zero-order valence-corrected chi connectivity index (χ0v) is 15.0. The Kier molecular flexibility index (Phi) is 5.99. The summed E-state index contributed by atoms with van der Waals surface area (Å²) < 4.78 is 4.84. The minimum atomic E-state index is -0.931. The molecule has 6 nitrogen and oxygen atoms in total. The molecule has 0 radical (unpaired) electrons. The average Bonchev–Trinajstić information content (AvgIpc) is 2.88. The molecule has 1 aliphatic rings. The molecule has 0 unspecified atom stereocenters. The summed E-state index contributed by atoms with van der Waals surface area (Å²) in [6.45, 7) is 3.83. The quantitative estimate of drug-likeness (QED) is 0.793. The number of amides is 1. The highest BCUT2D eigenvalue weighted by Gasteiger charge is 2.36. The molecule has 1 amide bonds. The van der Waals surface area contributed by atoms with Crippen LogP contribution in [0.25, 0.3) is 0 Å². The van der Waals surface area contributed by atoms with E-state index < -0.39 is 23.8 Å². The topological polar surface area (TPSA) is 92.7 Å². The van der Waals surface area contributed by atoms with Crippen molar-refractivity contribution in [3.05, 3.63) is 16.0 Å². The van der Waals surface area contributed by atoms with Crippen LogP contribution in [0.5, 0.6) is 0 Å². The number of carboxylic acid groups (broad SMARTS) is 1. The first-order valence-electron chi connectivity index (χ1n) is 8.14. The van der Waals surface area contributed by atoms with E-state index in [0.717, 1.165) is 23.3 Å². The predicted octanol–water partition coefficient (Wildman–Crippen LogP) is 3.24. The van der Waals surface area contributed by atoms with Crippen LogP contribution in [-0.4, -0.2) is 30.1 Å². The van der Waals surface area contributed by atoms with E-state index in [1.165, 1.54) is 18.4 Å². The zero-order valence-electron chi connectivity index (χ0n) is 14.2. The number of thiophene rings is 1. The van der Waals surface area contributed by atoms with Crippen molar-refractivity contribution in [2.24, 2.45) is 11.8 Å². The first-order chi connectivity index (χ1) is 11.4. The third kappa shape index (κ3) is 3.61. The summed E-state index contributed by atoms with van der Waals surface area (Å²) in [6, 6.07) is 0. The zero-order chi connectivity index (χ0) is 17.9. The molecule has 1 heterocycles. The van der Waals surface area contributed by atoms with Gasteiger partial charge in [-0.3, -0.25) is 9.59 Å². The molecule has 24 heavy (non-hydrogen) atoms. The molecule has 1 aliphatic carbocycles. The summed E-state index contributed by atoms with van der Waals surface area (Å²) in [6.07, 6.45) is 3.40. The standard InChI is InChI=1S/C17H23NO5S/c1-4-10-9(2)24-15(13(10)17(22)23-3)18-14(19)11-7-5-6-8-12(11)16(20)21/h11-12H,4-8H2,1-3H3,(H,18,19)(H,20,21)/t11-,12+/m1/s1. The van der Waals surface area contributed by atoms with Gasteiger partial charge in [0.15, 0.2) is 0 Å². The molecule has 1 fully saturated rings. The third-order valence-electron chi connectivity index (χ3n) is 4.61. The number of carbonyl (C=O) groups is 3. The lowest BCUT2D eigenvalue weighted by molar-refractivity contribution is -0.147. The van der Waals surface area contributed by atoms with Gasteiger partial charge in [0.1, 0.15) is 5.00 Å². The SMILES string of the molecule is CCc1c(C)sc(NC(=O)[C@@H]2CCCC[C@@H]2C(=O)O)c1C(=O)OC. The molecule has 2 N–H and O–H groups in total. The maximum atomic E-state index is 12.6. The van der Waals surface area contributed by atoms with Gasteiger partial charge in [0.2, 0.25) is 5.91 Å². The van der Waals surface area contributed by atoms with E-state index in [1.807, 2.05) is 13.8 Å². The molecule has 1 saturated carbocycles. The summed E-state index contributed by atoms with van der Waals surface area (Å²) in [5, 5.41) is 12.6. The molecule has 1 aromatic rings. The number of aliphatic carboxylic acids is 1. The lowest BCUT2D eigenvalue weighted by Gasteiger charge is -2.27. The smallest absolute Gasteiger partial charge is 0.341 e. The van der Waals surface area contributed by atoms with Gasteiger partial charge in [-0.2, -0.15) is 0 Å². The Balaban J connectivity index is 2.28. The van der Waals surface area contributed by atoms with E-state index in [-0.39, 0.29) is 5.91 Å². The molecular weight excluding hydrogens is 330 g/mol. The Morgan fingerprint density at radius 1 is 1.25 bits per heavy atom. The fourth-order valence-corrected chi connectivity index (χ4v) is 4.49. The van der Waals surface area contributed by atoms with Crippen molar-refractivity contribution in [3.8, 4) is 0 Å². The van der Waals surface area contributed by atoms with Gasteiger partial charge in [0.05, 0.1) is 24.5 Å².